The van der Waals surface area contributed by atoms with E-state index in [1.165, 1.54) is 11.3 Å². The van der Waals surface area contributed by atoms with Crippen molar-refractivity contribution >= 4 is 5.91 Å². The van der Waals surface area contributed by atoms with E-state index < -0.39 is 0 Å². The summed E-state index contributed by atoms with van der Waals surface area (Å²) in [6, 6.07) is 1.78. The molecule has 7 nitrogen and oxygen atoms in total. The number of rotatable bonds is 5. The highest BCUT2D eigenvalue weighted by atomic mass is 16.5. The number of amides is 1. The number of carbonyl (C=O) groups excluding carboxylic acids is 1. The van der Waals surface area contributed by atoms with Crippen molar-refractivity contribution in [3.63, 3.8) is 0 Å². The number of nitrogens with zero attached hydrogens (tertiary/aromatic N) is 4. The Morgan fingerprint density at radius 3 is 3.06 bits per heavy atom. The first kappa shape index (κ1) is 12.3. The monoisotopic (exact) mass is 249 g/mol. The van der Waals surface area contributed by atoms with Crippen molar-refractivity contribution in [1.29, 1.82) is 0 Å². The van der Waals surface area contributed by atoms with Crippen molar-refractivity contribution < 1.29 is 9.32 Å². The predicted octanol–water partition coefficient (Wildman–Crippen LogP) is 1.02. The van der Waals surface area contributed by atoms with Crippen LogP contribution < -0.4 is 0 Å². The summed E-state index contributed by atoms with van der Waals surface area (Å²) >= 11 is 0. The van der Waals surface area contributed by atoms with Crippen LogP contribution in [0.25, 0.3) is 0 Å². The van der Waals surface area contributed by atoms with Gasteiger partial charge in [-0.25, -0.2) is 0 Å². The number of H-pyrrole nitrogens is 1. The lowest BCUT2D eigenvalue weighted by molar-refractivity contribution is 0.0774. The predicted molar refractivity (Wildman–Crippen MR) is 62.7 cm³/mol. The molecule has 0 saturated heterocycles. The minimum Gasteiger partial charge on any atom is -0.343 e. The summed E-state index contributed by atoms with van der Waals surface area (Å²) in [6.07, 6.45) is 3.13. The maximum absolute atomic E-state index is 12.0. The van der Waals surface area contributed by atoms with Gasteiger partial charge in [-0.3, -0.25) is 9.89 Å². The number of carbonyl (C=O) groups is 1. The second-order valence-electron chi connectivity index (χ2n) is 4.04. The molecule has 0 aliphatic rings. The van der Waals surface area contributed by atoms with E-state index in [0.29, 0.717) is 18.1 Å². The van der Waals surface area contributed by atoms with E-state index >= 15 is 0 Å². The van der Waals surface area contributed by atoms with Gasteiger partial charge in [0, 0.05) is 12.7 Å². The van der Waals surface area contributed by atoms with Gasteiger partial charge in [0.15, 0.2) is 5.82 Å². The van der Waals surface area contributed by atoms with Crippen LogP contribution in [0.1, 0.15) is 35.4 Å². The van der Waals surface area contributed by atoms with Gasteiger partial charge >= 0.3 is 0 Å². The third-order valence-corrected chi connectivity index (χ3v) is 2.50. The Bertz CT molecular complexity index is 505. The lowest BCUT2D eigenvalue weighted by atomic mass is 10.2. The maximum Gasteiger partial charge on any atom is 0.274 e. The fraction of sp³-hybridized carbons (Fsp3) is 0.455. The zero-order chi connectivity index (χ0) is 13.0. The largest absolute Gasteiger partial charge is 0.343 e. The van der Waals surface area contributed by atoms with E-state index in [0.717, 1.165) is 18.5 Å². The molecule has 1 amide bonds. The first-order chi connectivity index (χ1) is 8.70. The third kappa shape index (κ3) is 2.73. The van der Waals surface area contributed by atoms with Gasteiger partial charge in [-0.2, -0.15) is 10.1 Å². The summed E-state index contributed by atoms with van der Waals surface area (Å²) in [5.41, 5.74) is 1.37. The number of hydrogen-bond acceptors (Lipinski definition) is 5. The molecule has 0 unspecified atom stereocenters. The molecule has 0 aromatic carbocycles. The van der Waals surface area contributed by atoms with Crippen molar-refractivity contribution in [2.24, 2.45) is 0 Å². The molecule has 0 aliphatic carbocycles. The highest BCUT2D eigenvalue weighted by Crippen LogP contribution is 2.06. The molecule has 2 heterocycles. The lowest BCUT2D eigenvalue weighted by Gasteiger charge is -2.12. The first-order valence-electron chi connectivity index (χ1n) is 5.75. The average molecular weight is 249 g/mol. The first-order valence-corrected chi connectivity index (χ1v) is 5.75. The SMILES string of the molecule is CCCc1cc(C(=O)N(C)Cc2ncon2)n[nH]1. The van der Waals surface area contributed by atoms with Gasteiger partial charge in [0.1, 0.15) is 5.69 Å². The summed E-state index contributed by atoms with van der Waals surface area (Å²) in [4.78, 5) is 17.4. The smallest absolute Gasteiger partial charge is 0.274 e. The van der Waals surface area contributed by atoms with Crippen molar-refractivity contribution in [3.8, 4) is 0 Å². The van der Waals surface area contributed by atoms with Crippen molar-refractivity contribution in [2.75, 3.05) is 7.05 Å². The molecule has 0 radical (unpaired) electrons. The molecule has 7 heteroatoms. The van der Waals surface area contributed by atoms with E-state index in [9.17, 15) is 4.79 Å². The molecule has 0 atom stereocenters. The maximum atomic E-state index is 12.0. The van der Waals surface area contributed by atoms with Crippen LogP contribution in [0.5, 0.6) is 0 Å². The standard InChI is InChI=1S/C11H15N5O2/c1-3-4-8-5-9(14-13-8)11(17)16(2)6-10-12-7-18-15-10/h5,7H,3-4,6H2,1-2H3,(H,13,14). The molecule has 2 aromatic heterocycles. The van der Waals surface area contributed by atoms with Gasteiger partial charge in [0.2, 0.25) is 6.39 Å². The molecule has 0 spiro atoms. The fourth-order valence-electron chi connectivity index (χ4n) is 1.61. The van der Waals surface area contributed by atoms with Gasteiger partial charge in [-0.05, 0) is 12.5 Å². The molecule has 0 bridgehead atoms. The molecule has 1 N–H and O–H groups in total. The molecule has 96 valence electrons. The van der Waals surface area contributed by atoms with Crippen molar-refractivity contribution in [3.05, 3.63) is 29.7 Å². The number of aryl methyl sites for hydroxylation is 1. The topological polar surface area (TPSA) is 87.9 Å². The molecular weight excluding hydrogens is 234 g/mol. The minimum absolute atomic E-state index is 0.168. The second kappa shape index (κ2) is 5.44. The molecular formula is C11H15N5O2. The highest BCUT2D eigenvalue weighted by Gasteiger charge is 2.16. The van der Waals surface area contributed by atoms with Crippen LogP contribution in [-0.4, -0.2) is 38.2 Å². The second-order valence-corrected chi connectivity index (χ2v) is 4.04. The number of aromatic amines is 1. The quantitative estimate of drug-likeness (QED) is 0.854. The van der Waals surface area contributed by atoms with E-state index in [1.54, 1.807) is 13.1 Å². The van der Waals surface area contributed by atoms with Gasteiger partial charge in [-0.1, -0.05) is 18.5 Å². The number of nitrogens with one attached hydrogen (secondary N) is 1. The Morgan fingerprint density at radius 2 is 2.39 bits per heavy atom. The van der Waals surface area contributed by atoms with E-state index in [-0.39, 0.29) is 5.91 Å². The van der Waals surface area contributed by atoms with E-state index in [1.807, 2.05) is 0 Å². The van der Waals surface area contributed by atoms with Gasteiger partial charge in [-0.15, -0.1) is 0 Å². The Balaban J connectivity index is 2.01. The van der Waals surface area contributed by atoms with Gasteiger partial charge in [0.05, 0.1) is 6.54 Å². The third-order valence-electron chi connectivity index (χ3n) is 2.50. The van der Waals surface area contributed by atoms with Crippen LogP contribution in [0.2, 0.25) is 0 Å². The Morgan fingerprint density at radius 1 is 1.56 bits per heavy atom. The van der Waals surface area contributed by atoms with Crippen LogP contribution in [0.3, 0.4) is 0 Å². The molecule has 0 aliphatic heterocycles. The van der Waals surface area contributed by atoms with Gasteiger partial charge in [0.25, 0.3) is 5.91 Å². The van der Waals surface area contributed by atoms with Crippen LogP contribution in [0.15, 0.2) is 17.0 Å². The lowest BCUT2D eigenvalue weighted by Crippen LogP contribution is -2.27. The number of hydrogen-bond donors (Lipinski definition) is 1. The number of aromatic nitrogens is 4. The van der Waals surface area contributed by atoms with Crippen LogP contribution in [-0.2, 0) is 13.0 Å². The van der Waals surface area contributed by atoms with Crippen molar-refractivity contribution in [2.45, 2.75) is 26.3 Å². The molecule has 0 saturated carbocycles. The molecule has 0 fully saturated rings. The van der Waals surface area contributed by atoms with Crippen molar-refractivity contribution in [1.82, 2.24) is 25.2 Å². The summed E-state index contributed by atoms with van der Waals surface area (Å²) in [5.74, 6) is 0.300. The highest BCUT2D eigenvalue weighted by molar-refractivity contribution is 5.92. The Kier molecular flexibility index (Phi) is 3.71. The minimum atomic E-state index is -0.168. The molecule has 18 heavy (non-hydrogen) atoms. The van der Waals surface area contributed by atoms with Gasteiger partial charge < -0.3 is 9.42 Å². The zero-order valence-corrected chi connectivity index (χ0v) is 10.4. The summed E-state index contributed by atoms with van der Waals surface area (Å²) < 4.78 is 4.62. The van der Waals surface area contributed by atoms with Crippen LogP contribution >= 0.6 is 0 Å². The Hall–Kier alpha value is -2.18. The Labute approximate surface area is 104 Å². The zero-order valence-electron chi connectivity index (χ0n) is 10.4. The molecule has 2 aromatic rings. The summed E-state index contributed by atoms with van der Waals surface area (Å²) in [5, 5.41) is 10.5. The van der Waals surface area contributed by atoms with E-state index in [4.69, 9.17) is 0 Å². The summed E-state index contributed by atoms with van der Waals surface area (Å²) in [7, 11) is 1.67. The van der Waals surface area contributed by atoms with E-state index in [2.05, 4.69) is 31.8 Å². The summed E-state index contributed by atoms with van der Waals surface area (Å²) in [6.45, 7) is 2.37. The van der Waals surface area contributed by atoms with Crippen LogP contribution in [0, 0.1) is 0 Å². The molecule has 2 rings (SSSR count). The normalized spacial score (nSPS) is 10.6. The fourth-order valence-corrected chi connectivity index (χ4v) is 1.61. The van der Waals surface area contributed by atoms with Crippen LogP contribution in [0.4, 0.5) is 0 Å². The average Bonchev–Trinajstić information content (AvgIpc) is 3.00.